The number of aromatic amines is 1. The lowest BCUT2D eigenvalue weighted by Crippen LogP contribution is -2.22. The fourth-order valence-electron chi connectivity index (χ4n) is 1.75. The summed E-state index contributed by atoms with van der Waals surface area (Å²) in [7, 11) is 0. The van der Waals surface area contributed by atoms with E-state index in [9.17, 15) is 10.1 Å². The van der Waals surface area contributed by atoms with E-state index in [-0.39, 0.29) is 10.6 Å². The van der Waals surface area contributed by atoms with Gasteiger partial charge in [0.1, 0.15) is 5.82 Å². The monoisotopic (exact) mass is 260 g/mol. The smallest absolute Gasteiger partial charge is 0.278 e. The quantitative estimate of drug-likeness (QED) is 0.639. The van der Waals surface area contributed by atoms with Crippen LogP contribution in [0.15, 0.2) is 30.5 Å². The van der Waals surface area contributed by atoms with Gasteiger partial charge in [0, 0.05) is 12.1 Å². The van der Waals surface area contributed by atoms with Crippen LogP contribution in [0.5, 0.6) is 0 Å². The van der Waals surface area contributed by atoms with E-state index in [1.54, 1.807) is 24.4 Å². The molecule has 0 aliphatic heterocycles. The molecule has 19 heavy (non-hydrogen) atoms. The van der Waals surface area contributed by atoms with E-state index in [1.165, 1.54) is 6.07 Å². The van der Waals surface area contributed by atoms with Gasteiger partial charge in [-0.25, -0.2) is 4.98 Å². The normalized spacial score (nSPS) is 10.9. The van der Waals surface area contributed by atoms with Gasteiger partial charge in [-0.2, -0.15) is 0 Å². The molecule has 100 valence electrons. The summed E-state index contributed by atoms with van der Waals surface area (Å²) in [6.07, 6.45) is 1.62. The van der Waals surface area contributed by atoms with E-state index < -0.39 is 0 Å². The summed E-state index contributed by atoms with van der Waals surface area (Å²) >= 11 is 0. The number of H-pyrrole nitrogens is 1. The molecule has 1 aromatic heterocycles. The maximum atomic E-state index is 11.0. The Morgan fingerprint density at radius 2 is 2.16 bits per heavy atom. The molecule has 0 amide bonds. The molecule has 0 unspecified atom stereocenters. The molecule has 2 aromatic rings. The molecule has 0 aliphatic carbocycles. The zero-order chi connectivity index (χ0) is 13.8. The molecule has 0 bridgehead atoms. The summed E-state index contributed by atoms with van der Waals surface area (Å²) in [5, 5.41) is 14.2. The molecule has 1 aromatic carbocycles. The molecule has 0 aliphatic rings. The number of nitrogens with zero attached hydrogens (tertiary/aromatic N) is 2. The number of nitro benzene ring substituents is 1. The van der Waals surface area contributed by atoms with Crippen LogP contribution in [0, 0.1) is 10.1 Å². The Labute approximate surface area is 111 Å². The number of hydrogen-bond donors (Lipinski definition) is 2. The molecule has 6 nitrogen and oxygen atoms in total. The second kappa shape index (κ2) is 5.62. The van der Waals surface area contributed by atoms with Crippen LogP contribution in [0.1, 0.15) is 19.7 Å². The lowest BCUT2D eigenvalue weighted by molar-refractivity contribution is -0.384. The van der Waals surface area contributed by atoms with Gasteiger partial charge in [-0.1, -0.05) is 26.0 Å². The maximum Gasteiger partial charge on any atom is 0.278 e. The molecule has 0 fully saturated rings. The second-order valence-corrected chi connectivity index (χ2v) is 4.55. The average molecular weight is 260 g/mol. The van der Waals surface area contributed by atoms with Crippen molar-refractivity contribution in [2.75, 3.05) is 0 Å². The highest BCUT2D eigenvalue weighted by atomic mass is 16.6. The van der Waals surface area contributed by atoms with Crippen molar-refractivity contribution >= 4 is 5.69 Å². The second-order valence-electron chi connectivity index (χ2n) is 4.55. The van der Waals surface area contributed by atoms with Crippen molar-refractivity contribution in [3.8, 4) is 11.3 Å². The standard InChI is InChI=1S/C13H16N4O2/c1-9(2)14-8-13-15-7-11(16-13)10-5-3-4-6-12(10)17(18)19/h3-7,9,14H,8H2,1-2H3,(H,15,16). The van der Waals surface area contributed by atoms with Crippen molar-refractivity contribution < 1.29 is 4.92 Å². The minimum atomic E-state index is -0.387. The number of rotatable bonds is 5. The highest BCUT2D eigenvalue weighted by molar-refractivity contribution is 5.70. The Morgan fingerprint density at radius 3 is 2.84 bits per heavy atom. The molecular formula is C13H16N4O2. The van der Waals surface area contributed by atoms with Crippen LogP contribution in [-0.4, -0.2) is 20.9 Å². The van der Waals surface area contributed by atoms with Gasteiger partial charge in [0.25, 0.3) is 5.69 Å². The zero-order valence-electron chi connectivity index (χ0n) is 10.9. The van der Waals surface area contributed by atoms with E-state index >= 15 is 0 Å². The predicted octanol–water partition coefficient (Wildman–Crippen LogP) is 2.48. The summed E-state index contributed by atoms with van der Waals surface area (Å²) in [5.41, 5.74) is 1.29. The third-order valence-electron chi connectivity index (χ3n) is 2.70. The SMILES string of the molecule is CC(C)NCc1ncc(-c2ccccc2[N+](=O)[O-])[nH]1. The Morgan fingerprint density at radius 1 is 1.42 bits per heavy atom. The van der Waals surface area contributed by atoms with Gasteiger partial charge >= 0.3 is 0 Å². The van der Waals surface area contributed by atoms with Gasteiger partial charge in [-0.3, -0.25) is 10.1 Å². The molecule has 0 atom stereocenters. The third-order valence-corrected chi connectivity index (χ3v) is 2.70. The van der Waals surface area contributed by atoms with Crippen molar-refractivity contribution in [1.82, 2.24) is 15.3 Å². The third kappa shape index (κ3) is 3.17. The Balaban J connectivity index is 2.25. The summed E-state index contributed by atoms with van der Waals surface area (Å²) in [6, 6.07) is 6.99. The summed E-state index contributed by atoms with van der Waals surface area (Å²) in [6.45, 7) is 4.70. The summed E-state index contributed by atoms with van der Waals surface area (Å²) in [4.78, 5) is 17.9. The van der Waals surface area contributed by atoms with Crippen molar-refractivity contribution in [2.24, 2.45) is 0 Å². The minimum Gasteiger partial charge on any atom is -0.341 e. The van der Waals surface area contributed by atoms with Gasteiger partial charge in [0.2, 0.25) is 0 Å². The van der Waals surface area contributed by atoms with Crippen molar-refractivity contribution in [3.05, 3.63) is 46.4 Å². The van der Waals surface area contributed by atoms with Crippen LogP contribution in [0.2, 0.25) is 0 Å². The van der Waals surface area contributed by atoms with Crippen LogP contribution in [0.3, 0.4) is 0 Å². The van der Waals surface area contributed by atoms with E-state index in [0.717, 1.165) is 5.82 Å². The van der Waals surface area contributed by atoms with Crippen LogP contribution >= 0.6 is 0 Å². The summed E-state index contributed by atoms with van der Waals surface area (Å²) < 4.78 is 0. The largest absolute Gasteiger partial charge is 0.341 e. The molecule has 2 rings (SSSR count). The molecule has 6 heteroatoms. The molecule has 1 heterocycles. The first-order chi connectivity index (χ1) is 9.08. The van der Waals surface area contributed by atoms with Crippen LogP contribution in [0.25, 0.3) is 11.3 Å². The fraction of sp³-hybridized carbons (Fsp3) is 0.308. The van der Waals surface area contributed by atoms with Crippen LogP contribution < -0.4 is 5.32 Å². The van der Waals surface area contributed by atoms with Crippen LogP contribution in [-0.2, 0) is 6.54 Å². The first kappa shape index (κ1) is 13.2. The van der Waals surface area contributed by atoms with E-state index in [4.69, 9.17) is 0 Å². The zero-order valence-corrected chi connectivity index (χ0v) is 10.9. The molecule has 0 saturated carbocycles. The van der Waals surface area contributed by atoms with E-state index in [0.29, 0.717) is 23.8 Å². The fourth-order valence-corrected chi connectivity index (χ4v) is 1.75. The Kier molecular flexibility index (Phi) is 3.91. The first-order valence-corrected chi connectivity index (χ1v) is 6.09. The summed E-state index contributed by atoms with van der Waals surface area (Å²) in [5.74, 6) is 0.766. The number of imidazole rings is 1. The molecule has 0 radical (unpaired) electrons. The molecule has 0 spiro atoms. The van der Waals surface area contributed by atoms with Crippen molar-refractivity contribution in [3.63, 3.8) is 0 Å². The average Bonchev–Trinajstić information content (AvgIpc) is 2.85. The number of nitrogens with one attached hydrogen (secondary N) is 2. The van der Waals surface area contributed by atoms with Gasteiger partial charge in [0.15, 0.2) is 0 Å². The molecular weight excluding hydrogens is 244 g/mol. The van der Waals surface area contributed by atoms with Crippen molar-refractivity contribution in [1.29, 1.82) is 0 Å². The maximum absolute atomic E-state index is 11.0. The predicted molar refractivity (Wildman–Crippen MR) is 72.7 cm³/mol. The lowest BCUT2D eigenvalue weighted by atomic mass is 10.1. The number of benzene rings is 1. The highest BCUT2D eigenvalue weighted by Crippen LogP contribution is 2.27. The first-order valence-electron chi connectivity index (χ1n) is 6.09. The molecule has 0 saturated heterocycles. The van der Waals surface area contributed by atoms with Gasteiger partial charge < -0.3 is 10.3 Å². The number of hydrogen-bond acceptors (Lipinski definition) is 4. The van der Waals surface area contributed by atoms with E-state index in [1.807, 2.05) is 13.8 Å². The highest BCUT2D eigenvalue weighted by Gasteiger charge is 2.15. The van der Waals surface area contributed by atoms with Gasteiger partial charge in [0.05, 0.1) is 28.9 Å². The minimum absolute atomic E-state index is 0.0783. The van der Waals surface area contributed by atoms with E-state index in [2.05, 4.69) is 15.3 Å². The molecule has 2 N–H and O–H groups in total. The topological polar surface area (TPSA) is 83.8 Å². The number of nitro groups is 1. The lowest BCUT2D eigenvalue weighted by Gasteiger charge is -2.05. The number of aromatic nitrogens is 2. The van der Waals surface area contributed by atoms with Gasteiger partial charge in [-0.15, -0.1) is 0 Å². The Hall–Kier alpha value is -2.21. The van der Waals surface area contributed by atoms with Crippen molar-refractivity contribution in [2.45, 2.75) is 26.4 Å². The Bertz CT molecular complexity index is 578. The van der Waals surface area contributed by atoms with Gasteiger partial charge in [-0.05, 0) is 6.07 Å². The number of para-hydroxylation sites is 1. The van der Waals surface area contributed by atoms with Crippen LogP contribution in [0.4, 0.5) is 5.69 Å².